The first-order valence-electron chi connectivity index (χ1n) is 14.0. The Morgan fingerprint density at radius 3 is 2.00 bits per heavy atom. The SMILES string of the molecule is c1ccc2cc(N3B4c5sc6ccccc6c5-c5c(ccc6ccccc56)N4c4sc5ccccc5c43)ccc2c1. The first-order valence-corrected chi connectivity index (χ1v) is 15.6. The van der Waals surface area contributed by atoms with Gasteiger partial charge in [0.05, 0.1) is 5.69 Å². The molecule has 8 aromatic rings. The largest absolute Gasteiger partial charge is 0.432 e. The molecule has 2 aliphatic rings. The molecular formula is C36H21BN2S2. The highest BCUT2D eigenvalue weighted by atomic mass is 32.1. The van der Waals surface area contributed by atoms with Crippen LogP contribution in [0.1, 0.15) is 0 Å². The second-order valence-corrected chi connectivity index (χ2v) is 13.0. The van der Waals surface area contributed by atoms with Crippen LogP contribution in [0.15, 0.2) is 127 Å². The van der Waals surface area contributed by atoms with Gasteiger partial charge >= 0.3 is 6.98 Å². The topological polar surface area (TPSA) is 6.48 Å². The summed E-state index contributed by atoms with van der Waals surface area (Å²) in [6.45, 7) is 0.0445. The Balaban J connectivity index is 1.36. The van der Waals surface area contributed by atoms with Crippen molar-refractivity contribution < 1.29 is 0 Å². The monoisotopic (exact) mass is 556 g/mol. The third kappa shape index (κ3) is 2.87. The van der Waals surface area contributed by atoms with E-state index in [1.165, 1.54) is 79.7 Å². The maximum Gasteiger partial charge on any atom is 0.432 e. The fourth-order valence-corrected chi connectivity index (χ4v) is 9.59. The molecule has 5 heteroatoms. The predicted molar refractivity (Wildman–Crippen MR) is 180 cm³/mol. The molecule has 0 N–H and O–H groups in total. The highest BCUT2D eigenvalue weighted by Gasteiger charge is 2.51. The van der Waals surface area contributed by atoms with Gasteiger partial charge in [-0.2, -0.15) is 0 Å². The molecule has 0 unspecified atom stereocenters. The lowest BCUT2D eigenvalue weighted by Gasteiger charge is -2.35. The zero-order chi connectivity index (χ0) is 26.7. The Kier molecular flexibility index (Phi) is 4.32. The van der Waals surface area contributed by atoms with Crippen LogP contribution in [0.25, 0.3) is 52.8 Å². The minimum absolute atomic E-state index is 0.0445. The Labute approximate surface area is 245 Å². The Morgan fingerprint density at radius 2 is 1.15 bits per heavy atom. The molecular weight excluding hydrogens is 535 g/mol. The van der Waals surface area contributed by atoms with E-state index in [9.17, 15) is 0 Å². The van der Waals surface area contributed by atoms with Gasteiger partial charge in [-0.15, -0.1) is 22.7 Å². The van der Waals surface area contributed by atoms with Crippen LogP contribution in [0.2, 0.25) is 0 Å². The van der Waals surface area contributed by atoms with Gasteiger partial charge in [0.2, 0.25) is 0 Å². The van der Waals surface area contributed by atoms with Crippen LogP contribution in [-0.2, 0) is 0 Å². The summed E-state index contributed by atoms with van der Waals surface area (Å²) in [7, 11) is 0. The Hall–Kier alpha value is -4.58. The molecule has 190 valence electrons. The van der Waals surface area contributed by atoms with Crippen molar-refractivity contribution in [2.45, 2.75) is 0 Å². The molecule has 2 nitrogen and oxygen atoms in total. The molecule has 0 fully saturated rings. The molecule has 41 heavy (non-hydrogen) atoms. The van der Waals surface area contributed by atoms with Crippen molar-refractivity contribution in [2.75, 3.05) is 9.62 Å². The van der Waals surface area contributed by atoms with Crippen LogP contribution in [0.5, 0.6) is 0 Å². The van der Waals surface area contributed by atoms with Gasteiger partial charge < -0.3 is 9.62 Å². The number of fused-ring (bicyclic) bond motifs is 15. The number of anilines is 4. The Morgan fingerprint density at radius 1 is 0.488 bits per heavy atom. The van der Waals surface area contributed by atoms with Crippen LogP contribution < -0.4 is 14.4 Å². The van der Waals surface area contributed by atoms with E-state index in [-0.39, 0.29) is 6.98 Å². The number of nitrogens with zero attached hydrogens (tertiary/aromatic N) is 2. The molecule has 0 aliphatic carbocycles. The van der Waals surface area contributed by atoms with Crippen molar-refractivity contribution in [3.63, 3.8) is 0 Å². The van der Waals surface area contributed by atoms with E-state index in [1.807, 2.05) is 22.7 Å². The zero-order valence-corrected chi connectivity index (χ0v) is 23.5. The molecule has 6 aromatic carbocycles. The summed E-state index contributed by atoms with van der Waals surface area (Å²) >= 11 is 3.86. The number of rotatable bonds is 1. The van der Waals surface area contributed by atoms with E-state index in [0.29, 0.717) is 0 Å². The smallest absolute Gasteiger partial charge is 0.358 e. The summed E-state index contributed by atoms with van der Waals surface area (Å²) in [5.74, 6) is 0. The van der Waals surface area contributed by atoms with Gasteiger partial charge in [-0.1, -0.05) is 97.1 Å². The van der Waals surface area contributed by atoms with E-state index >= 15 is 0 Å². The molecule has 0 radical (unpaired) electrons. The van der Waals surface area contributed by atoms with E-state index < -0.39 is 0 Å². The van der Waals surface area contributed by atoms with Crippen LogP contribution in [0.3, 0.4) is 0 Å². The molecule has 0 spiro atoms. The molecule has 0 bridgehead atoms. The quantitative estimate of drug-likeness (QED) is 0.186. The molecule has 0 saturated heterocycles. The van der Waals surface area contributed by atoms with Gasteiger partial charge in [0.25, 0.3) is 0 Å². The average Bonchev–Trinajstić information content (AvgIpc) is 3.69. The minimum atomic E-state index is 0.0445. The Bertz CT molecular complexity index is 2370. The third-order valence-corrected chi connectivity index (χ3v) is 11.2. The molecule has 10 rings (SSSR count). The first-order chi connectivity index (χ1) is 20.3. The predicted octanol–water partition coefficient (Wildman–Crippen LogP) is 10.1. The molecule has 2 aromatic heterocycles. The van der Waals surface area contributed by atoms with Crippen molar-refractivity contribution in [2.24, 2.45) is 0 Å². The standard InChI is InChI=1S/C36H21BN2S2/c1-2-11-24-21-25(19-17-22(24)9-1)38-34-28-14-6-8-16-31(28)41-36(34)39-29-20-18-23-10-3-4-12-26(23)32(29)33-27-13-5-7-15-30(27)40-35(33)37(38)39/h1-21H. The molecule has 0 amide bonds. The van der Waals surface area contributed by atoms with Crippen LogP contribution in [0.4, 0.5) is 22.1 Å². The summed E-state index contributed by atoms with van der Waals surface area (Å²) in [4.78, 5) is 5.25. The third-order valence-electron chi connectivity index (χ3n) is 8.79. The fraction of sp³-hybridized carbons (Fsp3) is 0. The van der Waals surface area contributed by atoms with Crippen molar-refractivity contribution in [3.8, 4) is 11.1 Å². The number of hydrogen-bond donors (Lipinski definition) is 0. The number of hydrogen-bond acceptors (Lipinski definition) is 4. The van der Waals surface area contributed by atoms with Gasteiger partial charge in [0, 0.05) is 42.1 Å². The van der Waals surface area contributed by atoms with Crippen molar-refractivity contribution in [3.05, 3.63) is 127 Å². The van der Waals surface area contributed by atoms with Gasteiger partial charge in [-0.3, -0.25) is 0 Å². The summed E-state index contributed by atoms with van der Waals surface area (Å²) in [5.41, 5.74) is 6.59. The van der Waals surface area contributed by atoms with Crippen molar-refractivity contribution in [1.82, 2.24) is 0 Å². The zero-order valence-electron chi connectivity index (χ0n) is 21.9. The lowest BCUT2D eigenvalue weighted by atomic mass is 9.64. The summed E-state index contributed by atoms with van der Waals surface area (Å²) in [6, 6.07) is 47.0. The van der Waals surface area contributed by atoms with E-state index in [2.05, 4.69) is 137 Å². The maximum absolute atomic E-state index is 2.63. The highest BCUT2D eigenvalue weighted by Crippen LogP contribution is 2.59. The maximum atomic E-state index is 2.63. The lowest BCUT2D eigenvalue weighted by Crippen LogP contribution is -2.54. The number of thiophene rings is 2. The average molecular weight is 557 g/mol. The van der Waals surface area contributed by atoms with Gasteiger partial charge in [0.1, 0.15) is 5.00 Å². The van der Waals surface area contributed by atoms with Crippen molar-refractivity contribution >= 4 is 98.2 Å². The first kappa shape index (κ1) is 22.2. The summed E-state index contributed by atoms with van der Waals surface area (Å²) in [6.07, 6.45) is 0. The minimum Gasteiger partial charge on any atom is -0.358 e. The van der Waals surface area contributed by atoms with Gasteiger partial charge in [-0.25, -0.2) is 0 Å². The molecule has 0 saturated carbocycles. The normalized spacial score (nSPS) is 13.7. The van der Waals surface area contributed by atoms with Crippen LogP contribution >= 0.6 is 22.7 Å². The van der Waals surface area contributed by atoms with Crippen molar-refractivity contribution in [1.29, 1.82) is 0 Å². The molecule has 4 heterocycles. The lowest BCUT2D eigenvalue weighted by molar-refractivity contribution is 1.41. The summed E-state index contributed by atoms with van der Waals surface area (Å²) in [5, 5.41) is 9.13. The molecule has 2 aliphatic heterocycles. The fourth-order valence-electron chi connectivity index (χ4n) is 7.06. The second-order valence-electron chi connectivity index (χ2n) is 10.9. The summed E-state index contributed by atoms with van der Waals surface area (Å²) < 4.78 is 4.08. The van der Waals surface area contributed by atoms with Crippen LogP contribution in [-0.4, -0.2) is 6.98 Å². The molecule has 0 atom stereocenters. The van der Waals surface area contributed by atoms with E-state index in [4.69, 9.17) is 0 Å². The van der Waals surface area contributed by atoms with E-state index in [0.717, 1.165) is 0 Å². The van der Waals surface area contributed by atoms with Gasteiger partial charge in [0.15, 0.2) is 0 Å². The highest BCUT2D eigenvalue weighted by molar-refractivity contribution is 7.32. The number of benzene rings is 6. The van der Waals surface area contributed by atoms with Crippen LogP contribution in [0, 0.1) is 0 Å². The van der Waals surface area contributed by atoms with Gasteiger partial charge in [-0.05, 0) is 57.3 Å². The second kappa shape index (κ2) is 8.00. The van der Waals surface area contributed by atoms with E-state index in [1.54, 1.807) is 0 Å².